The van der Waals surface area contributed by atoms with Crippen LogP contribution in [0.15, 0.2) is 65.5 Å². The molecule has 0 atom stereocenters. The van der Waals surface area contributed by atoms with Gasteiger partial charge in [0, 0.05) is 11.8 Å². The summed E-state index contributed by atoms with van der Waals surface area (Å²) >= 11 is 0. The quantitative estimate of drug-likeness (QED) is 0.624. The van der Waals surface area contributed by atoms with E-state index in [-0.39, 0.29) is 5.82 Å². The molecule has 0 saturated heterocycles. The Balaban J connectivity index is 1.71. The summed E-state index contributed by atoms with van der Waals surface area (Å²) in [7, 11) is 0. The second-order valence-electron chi connectivity index (χ2n) is 5.07. The molecule has 0 aliphatic carbocycles. The molecule has 0 amide bonds. The highest BCUT2D eigenvalue weighted by Gasteiger charge is 2.11. The van der Waals surface area contributed by atoms with Gasteiger partial charge in [0.25, 0.3) is 0 Å². The fraction of sp³-hybridized carbons (Fsp3) is 0.0588. The number of rotatable bonds is 4. The highest BCUT2D eigenvalue weighted by Crippen LogP contribution is 2.25. The summed E-state index contributed by atoms with van der Waals surface area (Å²) in [5.41, 5.74) is 2.20. The van der Waals surface area contributed by atoms with E-state index in [2.05, 4.69) is 15.4 Å². The van der Waals surface area contributed by atoms with Crippen LogP contribution >= 0.6 is 0 Å². The van der Waals surface area contributed by atoms with Gasteiger partial charge in [-0.2, -0.15) is 9.61 Å². The molecular weight excluding hydrogens is 295 g/mol. The average Bonchev–Trinajstić information content (AvgIpc) is 3.22. The highest BCUT2D eigenvalue weighted by atomic mass is 19.1. The zero-order valence-electron chi connectivity index (χ0n) is 12.1. The van der Waals surface area contributed by atoms with Crippen LogP contribution in [0.3, 0.4) is 0 Å². The van der Waals surface area contributed by atoms with Crippen molar-refractivity contribution in [2.45, 2.75) is 6.54 Å². The largest absolute Gasteiger partial charge is 0.467 e. The van der Waals surface area contributed by atoms with Crippen LogP contribution < -0.4 is 5.32 Å². The summed E-state index contributed by atoms with van der Waals surface area (Å²) in [6.07, 6.45) is 5.02. The van der Waals surface area contributed by atoms with Gasteiger partial charge in [-0.25, -0.2) is 9.37 Å². The smallest absolute Gasteiger partial charge is 0.165 e. The summed E-state index contributed by atoms with van der Waals surface area (Å²) < 4.78 is 20.4. The lowest BCUT2D eigenvalue weighted by Gasteiger charge is -2.07. The third-order valence-corrected chi connectivity index (χ3v) is 3.56. The number of nitrogens with one attached hydrogen (secondary N) is 1. The molecule has 23 heavy (non-hydrogen) atoms. The van der Waals surface area contributed by atoms with Crippen LogP contribution in [0.2, 0.25) is 0 Å². The van der Waals surface area contributed by atoms with Gasteiger partial charge in [0.2, 0.25) is 0 Å². The zero-order valence-corrected chi connectivity index (χ0v) is 12.1. The Kier molecular flexibility index (Phi) is 3.27. The minimum absolute atomic E-state index is 0.283. The van der Waals surface area contributed by atoms with Gasteiger partial charge < -0.3 is 9.73 Å². The number of anilines is 1. The molecule has 4 aromatic rings. The minimum atomic E-state index is -0.283. The number of halogens is 1. The fourth-order valence-electron chi connectivity index (χ4n) is 2.48. The van der Waals surface area contributed by atoms with Crippen LogP contribution in [0.5, 0.6) is 0 Å². The minimum Gasteiger partial charge on any atom is -0.467 e. The molecule has 114 valence electrons. The predicted molar refractivity (Wildman–Crippen MR) is 84.4 cm³/mol. The lowest BCUT2D eigenvalue weighted by molar-refractivity contribution is 0.517. The average molecular weight is 308 g/mol. The predicted octanol–water partition coefficient (Wildman–Crippen LogP) is 3.74. The van der Waals surface area contributed by atoms with Gasteiger partial charge >= 0.3 is 0 Å². The van der Waals surface area contributed by atoms with Crippen molar-refractivity contribution in [3.63, 3.8) is 0 Å². The molecule has 5 nitrogen and oxygen atoms in total. The molecule has 0 radical (unpaired) electrons. The van der Waals surface area contributed by atoms with Crippen LogP contribution in [0.25, 0.3) is 16.8 Å². The van der Waals surface area contributed by atoms with Crippen molar-refractivity contribution in [1.29, 1.82) is 0 Å². The van der Waals surface area contributed by atoms with E-state index in [0.29, 0.717) is 12.2 Å². The molecule has 0 bridgehead atoms. The first-order valence-corrected chi connectivity index (χ1v) is 7.16. The van der Waals surface area contributed by atoms with Crippen molar-refractivity contribution < 1.29 is 8.81 Å². The van der Waals surface area contributed by atoms with Crippen molar-refractivity contribution in [3.05, 3.63) is 72.7 Å². The molecule has 1 aromatic carbocycles. The van der Waals surface area contributed by atoms with Crippen LogP contribution in [0.4, 0.5) is 10.2 Å². The SMILES string of the molecule is Fc1cccc(-c2cnn3c(NCc4ccco4)ccnc23)c1. The molecule has 3 aromatic heterocycles. The van der Waals surface area contributed by atoms with Crippen LogP contribution in [0, 0.1) is 5.82 Å². The Labute approximate surface area is 131 Å². The number of hydrogen-bond donors (Lipinski definition) is 1. The van der Waals surface area contributed by atoms with E-state index < -0.39 is 0 Å². The Morgan fingerprint density at radius 1 is 1.17 bits per heavy atom. The summed E-state index contributed by atoms with van der Waals surface area (Å²) in [5.74, 6) is 1.33. The third kappa shape index (κ3) is 2.55. The van der Waals surface area contributed by atoms with E-state index in [4.69, 9.17) is 4.42 Å². The number of hydrogen-bond acceptors (Lipinski definition) is 4. The van der Waals surface area contributed by atoms with E-state index in [0.717, 1.165) is 22.7 Å². The zero-order chi connectivity index (χ0) is 15.6. The van der Waals surface area contributed by atoms with Gasteiger partial charge in [-0.15, -0.1) is 0 Å². The normalized spacial score (nSPS) is 11.0. The lowest BCUT2D eigenvalue weighted by atomic mass is 10.1. The topological polar surface area (TPSA) is 55.4 Å². The van der Waals surface area contributed by atoms with E-state index in [1.165, 1.54) is 12.1 Å². The second-order valence-corrected chi connectivity index (χ2v) is 5.07. The molecule has 0 saturated carbocycles. The Bertz CT molecular complexity index is 946. The van der Waals surface area contributed by atoms with E-state index in [1.807, 2.05) is 24.3 Å². The van der Waals surface area contributed by atoms with Gasteiger partial charge in [-0.3, -0.25) is 0 Å². The first-order chi connectivity index (χ1) is 11.3. The molecule has 0 fully saturated rings. The van der Waals surface area contributed by atoms with Crippen LogP contribution in [-0.2, 0) is 6.54 Å². The lowest BCUT2D eigenvalue weighted by Crippen LogP contribution is -2.05. The van der Waals surface area contributed by atoms with E-state index >= 15 is 0 Å². The molecule has 0 spiro atoms. The number of furan rings is 1. The standard InChI is InChI=1S/C17H13FN4O/c18-13-4-1-3-12(9-13)15-11-21-22-16(6-7-19-17(15)22)20-10-14-5-2-8-23-14/h1-9,11,20H,10H2. The summed E-state index contributed by atoms with van der Waals surface area (Å²) in [6, 6.07) is 12.0. The van der Waals surface area contributed by atoms with Crippen molar-refractivity contribution in [2.24, 2.45) is 0 Å². The first kappa shape index (κ1) is 13.5. The van der Waals surface area contributed by atoms with E-state index in [1.54, 1.807) is 29.2 Å². The van der Waals surface area contributed by atoms with Crippen molar-refractivity contribution >= 4 is 11.5 Å². The maximum Gasteiger partial charge on any atom is 0.165 e. The number of benzene rings is 1. The molecule has 0 aliphatic rings. The fourth-order valence-corrected chi connectivity index (χ4v) is 2.48. The van der Waals surface area contributed by atoms with Gasteiger partial charge in [0.1, 0.15) is 17.4 Å². The molecule has 6 heteroatoms. The van der Waals surface area contributed by atoms with Gasteiger partial charge in [-0.05, 0) is 35.9 Å². The number of aromatic nitrogens is 3. The Morgan fingerprint density at radius 2 is 2.13 bits per heavy atom. The monoisotopic (exact) mass is 308 g/mol. The van der Waals surface area contributed by atoms with Crippen LogP contribution in [-0.4, -0.2) is 14.6 Å². The van der Waals surface area contributed by atoms with Gasteiger partial charge in [-0.1, -0.05) is 12.1 Å². The third-order valence-electron chi connectivity index (χ3n) is 3.56. The van der Waals surface area contributed by atoms with Gasteiger partial charge in [0.05, 0.1) is 19.0 Å². The molecule has 0 unspecified atom stereocenters. The Hall–Kier alpha value is -3.15. The molecule has 4 rings (SSSR count). The molecule has 0 aliphatic heterocycles. The van der Waals surface area contributed by atoms with Crippen molar-refractivity contribution in [3.8, 4) is 11.1 Å². The molecule has 3 heterocycles. The number of fused-ring (bicyclic) bond motifs is 1. The highest BCUT2D eigenvalue weighted by molar-refractivity contribution is 5.77. The van der Waals surface area contributed by atoms with E-state index in [9.17, 15) is 4.39 Å². The Morgan fingerprint density at radius 3 is 2.96 bits per heavy atom. The van der Waals surface area contributed by atoms with Crippen molar-refractivity contribution in [2.75, 3.05) is 5.32 Å². The number of nitrogens with zero attached hydrogens (tertiary/aromatic N) is 3. The molecular formula is C17H13FN4O. The second kappa shape index (κ2) is 5.57. The summed E-state index contributed by atoms with van der Waals surface area (Å²) in [6.45, 7) is 0.543. The first-order valence-electron chi connectivity index (χ1n) is 7.16. The maximum atomic E-state index is 13.4. The molecule has 1 N–H and O–H groups in total. The van der Waals surface area contributed by atoms with Crippen LogP contribution in [0.1, 0.15) is 5.76 Å². The summed E-state index contributed by atoms with van der Waals surface area (Å²) in [4.78, 5) is 4.37. The van der Waals surface area contributed by atoms with Crippen molar-refractivity contribution in [1.82, 2.24) is 14.6 Å². The van der Waals surface area contributed by atoms with Gasteiger partial charge in [0.15, 0.2) is 5.65 Å². The summed E-state index contributed by atoms with van der Waals surface area (Å²) in [5, 5.41) is 7.62. The maximum absolute atomic E-state index is 13.4.